The van der Waals surface area contributed by atoms with Crippen LogP contribution in [-0.2, 0) is 4.79 Å². The summed E-state index contributed by atoms with van der Waals surface area (Å²) < 4.78 is 1.93. The number of hydrogen-bond donors (Lipinski definition) is 1. The number of allylic oxidation sites excluding steroid dienone is 3. The predicted octanol–water partition coefficient (Wildman–Crippen LogP) is 3.18. The van der Waals surface area contributed by atoms with Crippen LogP contribution in [0.3, 0.4) is 0 Å². The first-order valence-corrected chi connectivity index (χ1v) is 6.89. The SMILES string of the molecule is C/C=C/C=C/C(=O)NC(C)c1cccc(-n2ccnc2)c1. The molecule has 108 valence electrons. The fraction of sp³-hybridized carbons (Fsp3) is 0.176. The molecule has 1 atom stereocenters. The van der Waals surface area contributed by atoms with Crippen molar-refractivity contribution in [1.29, 1.82) is 0 Å². The molecule has 0 spiro atoms. The summed E-state index contributed by atoms with van der Waals surface area (Å²) in [5, 5.41) is 2.94. The minimum absolute atomic E-state index is 0.0590. The van der Waals surface area contributed by atoms with E-state index in [0.29, 0.717) is 0 Å². The van der Waals surface area contributed by atoms with Gasteiger partial charge in [-0.3, -0.25) is 4.79 Å². The van der Waals surface area contributed by atoms with Gasteiger partial charge in [0, 0.05) is 24.2 Å². The molecule has 21 heavy (non-hydrogen) atoms. The summed E-state index contributed by atoms with van der Waals surface area (Å²) in [6, 6.07) is 7.97. The lowest BCUT2D eigenvalue weighted by molar-refractivity contribution is -0.117. The molecule has 0 fully saturated rings. The van der Waals surface area contributed by atoms with Crippen molar-refractivity contribution in [3.63, 3.8) is 0 Å². The van der Waals surface area contributed by atoms with E-state index in [1.54, 1.807) is 18.6 Å². The monoisotopic (exact) mass is 281 g/mol. The summed E-state index contributed by atoms with van der Waals surface area (Å²) in [6.07, 6.45) is 12.3. The summed E-state index contributed by atoms with van der Waals surface area (Å²) in [6.45, 7) is 3.88. The highest BCUT2D eigenvalue weighted by Gasteiger charge is 2.08. The van der Waals surface area contributed by atoms with E-state index in [4.69, 9.17) is 0 Å². The maximum absolute atomic E-state index is 11.8. The van der Waals surface area contributed by atoms with Crippen LogP contribution in [0.1, 0.15) is 25.5 Å². The molecule has 0 aliphatic rings. The van der Waals surface area contributed by atoms with Crippen molar-refractivity contribution in [2.75, 3.05) is 0 Å². The second-order valence-corrected chi connectivity index (χ2v) is 4.68. The third-order valence-corrected chi connectivity index (χ3v) is 3.08. The van der Waals surface area contributed by atoms with Crippen LogP contribution in [0.2, 0.25) is 0 Å². The molecule has 1 amide bonds. The van der Waals surface area contributed by atoms with Gasteiger partial charge in [0.2, 0.25) is 5.91 Å². The van der Waals surface area contributed by atoms with E-state index in [0.717, 1.165) is 11.3 Å². The molecule has 2 aromatic rings. The Kier molecular flexibility index (Phi) is 5.10. The summed E-state index contributed by atoms with van der Waals surface area (Å²) in [5.74, 6) is -0.103. The number of benzene rings is 1. The molecule has 1 N–H and O–H groups in total. The Bertz CT molecular complexity index is 642. The summed E-state index contributed by atoms with van der Waals surface area (Å²) in [4.78, 5) is 15.8. The lowest BCUT2D eigenvalue weighted by atomic mass is 10.1. The molecular weight excluding hydrogens is 262 g/mol. The fourth-order valence-corrected chi connectivity index (χ4v) is 1.97. The quantitative estimate of drug-likeness (QED) is 0.676. The molecule has 1 unspecified atom stereocenters. The van der Waals surface area contributed by atoms with Crippen molar-refractivity contribution in [3.8, 4) is 5.69 Å². The topological polar surface area (TPSA) is 46.9 Å². The number of imidazole rings is 1. The van der Waals surface area contributed by atoms with Gasteiger partial charge in [-0.05, 0) is 31.5 Å². The van der Waals surface area contributed by atoms with E-state index in [1.807, 2.05) is 61.0 Å². The van der Waals surface area contributed by atoms with Gasteiger partial charge in [0.1, 0.15) is 0 Å². The van der Waals surface area contributed by atoms with Crippen LogP contribution >= 0.6 is 0 Å². The second kappa shape index (κ2) is 7.24. The molecule has 1 heterocycles. The molecule has 4 heteroatoms. The summed E-state index contributed by atoms with van der Waals surface area (Å²) >= 11 is 0. The maximum Gasteiger partial charge on any atom is 0.244 e. The van der Waals surface area contributed by atoms with E-state index < -0.39 is 0 Å². The first kappa shape index (κ1) is 14.8. The first-order valence-electron chi connectivity index (χ1n) is 6.89. The highest BCUT2D eigenvalue weighted by Crippen LogP contribution is 2.16. The van der Waals surface area contributed by atoms with Gasteiger partial charge < -0.3 is 9.88 Å². The van der Waals surface area contributed by atoms with Gasteiger partial charge in [-0.15, -0.1) is 0 Å². The van der Waals surface area contributed by atoms with Crippen molar-refractivity contribution < 1.29 is 4.79 Å². The Morgan fingerprint density at radius 1 is 1.38 bits per heavy atom. The molecule has 0 aliphatic heterocycles. The zero-order valence-electron chi connectivity index (χ0n) is 12.2. The maximum atomic E-state index is 11.8. The number of amides is 1. The Morgan fingerprint density at radius 2 is 2.24 bits per heavy atom. The van der Waals surface area contributed by atoms with Crippen molar-refractivity contribution in [2.24, 2.45) is 0 Å². The normalized spacial score (nSPS) is 12.9. The third kappa shape index (κ3) is 4.18. The molecule has 0 saturated heterocycles. The van der Waals surface area contributed by atoms with E-state index in [1.165, 1.54) is 6.08 Å². The van der Waals surface area contributed by atoms with Crippen LogP contribution < -0.4 is 5.32 Å². The van der Waals surface area contributed by atoms with Gasteiger partial charge in [-0.2, -0.15) is 0 Å². The second-order valence-electron chi connectivity index (χ2n) is 4.68. The van der Waals surface area contributed by atoms with E-state index in [2.05, 4.69) is 10.3 Å². The number of rotatable bonds is 5. The first-order chi connectivity index (χ1) is 10.2. The van der Waals surface area contributed by atoms with Gasteiger partial charge in [-0.25, -0.2) is 4.98 Å². The van der Waals surface area contributed by atoms with Gasteiger partial charge in [-0.1, -0.05) is 30.4 Å². The highest BCUT2D eigenvalue weighted by atomic mass is 16.1. The Morgan fingerprint density at radius 3 is 2.95 bits per heavy atom. The smallest absolute Gasteiger partial charge is 0.244 e. The number of nitrogens with one attached hydrogen (secondary N) is 1. The van der Waals surface area contributed by atoms with Crippen molar-refractivity contribution in [3.05, 3.63) is 72.9 Å². The Hall–Kier alpha value is -2.62. The number of hydrogen-bond acceptors (Lipinski definition) is 2. The van der Waals surface area contributed by atoms with Crippen molar-refractivity contribution >= 4 is 5.91 Å². The molecule has 0 radical (unpaired) electrons. The molecule has 1 aromatic heterocycles. The molecule has 0 aliphatic carbocycles. The molecular formula is C17H19N3O. The highest BCUT2D eigenvalue weighted by molar-refractivity contribution is 5.88. The molecule has 0 bridgehead atoms. The fourth-order valence-electron chi connectivity index (χ4n) is 1.97. The Balaban J connectivity index is 2.07. The van der Waals surface area contributed by atoms with Gasteiger partial charge in [0.25, 0.3) is 0 Å². The largest absolute Gasteiger partial charge is 0.346 e. The van der Waals surface area contributed by atoms with Crippen LogP contribution in [0.25, 0.3) is 5.69 Å². The molecule has 1 aromatic carbocycles. The van der Waals surface area contributed by atoms with Gasteiger partial charge in [0.15, 0.2) is 0 Å². The van der Waals surface area contributed by atoms with Crippen molar-refractivity contribution in [1.82, 2.24) is 14.9 Å². The lowest BCUT2D eigenvalue weighted by Gasteiger charge is -2.14. The number of aromatic nitrogens is 2. The zero-order valence-corrected chi connectivity index (χ0v) is 12.2. The van der Waals surface area contributed by atoms with Gasteiger partial charge >= 0.3 is 0 Å². The lowest BCUT2D eigenvalue weighted by Crippen LogP contribution is -2.24. The van der Waals surface area contributed by atoms with Gasteiger partial charge in [0.05, 0.1) is 12.4 Å². The minimum atomic E-state index is -0.103. The van der Waals surface area contributed by atoms with Crippen LogP contribution in [0.5, 0.6) is 0 Å². The standard InChI is InChI=1S/C17H19N3O/c1-3-4-5-9-17(21)19-14(2)15-7-6-8-16(12-15)20-11-10-18-13-20/h3-14H,1-2H3,(H,19,21)/b4-3+,9-5+. The number of nitrogens with zero attached hydrogens (tertiary/aromatic N) is 2. The molecule has 4 nitrogen and oxygen atoms in total. The third-order valence-electron chi connectivity index (χ3n) is 3.08. The summed E-state index contributed by atoms with van der Waals surface area (Å²) in [7, 11) is 0. The van der Waals surface area contributed by atoms with E-state index >= 15 is 0 Å². The predicted molar refractivity (Wildman–Crippen MR) is 84.1 cm³/mol. The summed E-state index contributed by atoms with van der Waals surface area (Å²) in [5.41, 5.74) is 2.07. The van der Waals surface area contributed by atoms with Crippen LogP contribution in [0.4, 0.5) is 0 Å². The Labute approximate surface area is 124 Å². The van der Waals surface area contributed by atoms with Crippen LogP contribution in [-0.4, -0.2) is 15.5 Å². The van der Waals surface area contributed by atoms with E-state index in [9.17, 15) is 4.79 Å². The average Bonchev–Trinajstić information content (AvgIpc) is 3.02. The average molecular weight is 281 g/mol. The van der Waals surface area contributed by atoms with E-state index in [-0.39, 0.29) is 11.9 Å². The van der Waals surface area contributed by atoms with Crippen molar-refractivity contribution in [2.45, 2.75) is 19.9 Å². The zero-order chi connectivity index (χ0) is 15.1. The number of carbonyl (C=O) groups excluding carboxylic acids is 1. The van der Waals surface area contributed by atoms with Crippen LogP contribution in [0, 0.1) is 0 Å². The minimum Gasteiger partial charge on any atom is -0.346 e. The molecule has 2 rings (SSSR count). The van der Waals surface area contributed by atoms with Crippen LogP contribution in [0.15, 0.2) is 67.3 Å². The molecule has 0 saturated carbocycles. The number of carbonyl (C=O) groups is 1.